The number of rotatable bonds is 3. The molecule has 2 rings (SSSR count). The summed E-state index contributed by atoms with van der Waals surface area (Å²) in [4.78, 5) is 36.5. The number of phenolic OH excluding ortho intramolecular Hbond substituents is 1. The van der Waals surface area contributed by atoms with E-state index in [1.165, 1.54) is 18.2 Å². The number of H-pyrrole nitrogens is 2. The maximum absolute atomic E-state index is 11.4. The van der Waals surface area contributed by atoms with Crippen LogP contribution in [-0.2, 0) is 0 Å². The number of halogens is 1. The number of hydrogen-bond acceptors (Lipinski definition) is 5. The monoisotopic (exact) mass is 353 g/mol. The van der Waals surface area contributed by atoms with Gasteiger partial charge in [0, 0.05) is 10.0 Å². The van der Waals surface area contributed by atoms with E-state index in [9.17, 15) is 24.8 Å². The first-order chi connectivity index (χ1) is 9.88. The summed E-state index contributed by atoms with van der Waals surface area (Å²) < 4.78 is 0.689. The molecule has 21 heavy (non-hydrogen) atoms. The van der Waals surface area contributed by atoms with Crippen molar-refractivity contribution in [3.63, 3.8) is 0 Å². The van der Waals surface area contributed by atoms with E-state index in [0.29, 0.717) is 10.0 Å². The fourth-order valence-corrected chi connectivity index (χ4v) is 2.01. The third-order valence-corrected chi connectivity index (χ3v) is 3.04. The summed E-state index contributed by atoms with van der Waals surface area (Å²) in [6.45, 7) is 0. The van der Waals surface area contributed by atoms with Crippen LogP contribution >= 0.6 is 15.9 Å². The minimum atomic E-state index is -1.10. The summed E-state index contributed by atoms with van der Waals surface area (Å²) in [6, 6.07) is 4.62. The van der Waals surface area contributed by atoms with E-state index >= 15 is 0 Å². The summed E-state index contributed by atoms with van der Waals surface area (Å²) >= 11 is 3.22. The molecule has 0 atom stereocenters. The Balaban J connectivity index is 2.55. The Morgan fingerprint density at radius 2 is 1.95 bits per heavy atom. The molecule has 1 aromatic carbocycles. The molecule has 0 spiro atoms. The highest BCUT2D eigenvalue weighted by Gasteiger charge is 2.18. The van der Waals surface area contributed by atoms with Crippen LogP contribution < -0.4 is 11.2 Å². The highest BCUT2D eigenvalue weighted by Crippen LogP contribution is 2.24. The van der Waals surface area contributed by atoms with Crippen LogP contribution in [0.1, 0.15) is 11.3 Å². The molecule has 0 radical (unpaired) electrons. The number of phenols is 1. The van der Waals surface area contributed by atoms with E-state index in [-0.39, 0.29) is 11.4 Å². The van der Waals surface area contributed by atoms with Crippen molar-refractivity contribution in [1.29, 1.82) is 0 Å². The zero-order valence-electron chi connectivity index (χ0n) is 10.3. The van der Waals surface area contributed by atoms with E-state index < -0.39 is 21.9 Å². The van der Waals surface area contributed by atoms with E-state index in [4.69, 9.17) is 0 Å². The minimum absolute atomic E-state index is 0.0516. The summed E-state index contributed by atoms with van der Waals surface area (Å²) in [7, 11) is 0. The van der Waals surface area contributed by atoms with Crippen LogP contribution in [0, 0.1) is 10.1 Å². The molecule has 8 nitrogen and oxygen atoms in total. The predicted octanol–water partition coefficient (Wildman–Crippen LogP) is 1.61. The van der Waals surface area contributed by atoms with E-state index in [1.54, 1.807) is 17.1 Å². The molecule has 0 fully saturated rings. The summed E-state index contributed by atoms with van der Waals surface area (Å²) in [6.07, 6.45) is 2.52. The molecule has 1 aromatic heterocycles. The number of aromatic hydroxyl groups is 1. The highest BCUT2D eigenvalue weighted by atomic mass is 79.9. The summed E-state index contributed by atoms with van der Waals surface area (Å²) in [5, 5.41) is 20.5. The maximum atomic E-state index is 11.4. The minimum Gasteiger partial charge on any atom is -0.507 e. The first-order valence-electron chi connectivity index (χ1n) is 5.56. The van der Waals surface area contributed by atoms with Gasteiger partial charge < -0.3 is 10.1 Å². The number of nitrogens with zero attached hydrogens (tertiary/aromatic N) is 1. The fraction of sp³-hybridized carbons (Fsp3) is 0. The lowest BCUT2D eigenvalue weighted by Gasteiger charge is -2.00. The Morgan fingerprint density at radius 1 is 1.24 bits per heavy atom. The number of nitrogens with one attached hydrogen (secondary N) is 2. The second kappa shape index (κ2) is 5.75. The van der Waals surface area contributed by atoms with Crippen molar-refractivity contribution in [2.45, 2.75) is 0 Å². The Morgan fingerprint density at radius 3 is 2.62 bits per heavy atom. The Hall–Kier alpha value is -2.68. The largest absolute Gasteiger partial charge is 0.507 e. The molecule has 0 saturated carbocycles. The number of hydrogen-bond donors (Lipinski definition) is 3. The molecule has 0 aliphatic heterocycles. The third-order valence-electron chi connectivity index (χ3n) is 2.55. The molecule has 0 unspecified atom stereocenters. The molecule has 0 bridgehead atoms. The molecule has 0 aliphatic carbocycles. The molecule has 2 aromatic rings. The average Bonchev–Trinajstić information content (AvgIpc) is 2.38. The molecular formula is C12H8BrN3O5. The van der Waals surface area contributed by atoms with Crippen molar-refractivity contribution in [2.75, 3.05) is 0 Å². The number of aromatic amines is 2. The molecule has 0 saturated heterocycles. The molecule has 0 aliphatic rings. The van der Waals surface area contributed by atoms with E-state index in [1.807, 2.05) is 0 Å². The lowest BCUT2D eigenvalue weighted by molar-refractivity contribution is -0.386. The van der Waals surface area contributed by atoms with Gasteiger partial charge in [-0.25, -0.2) is 4.79 Å². The van der Waals surface area contributed by atoms with Gasteiger partial charge in [-0.1, -0.05) is 15.9 Å². The molecule has 1 heterocycles. The van der Waals surface area contributed by atoms with Crippen LogP contribution in [0.2, 0.25) is 0 Å². The van der Waals surface area contributed by atoms with Gasteiger partial charge in [-0.15, -0.1) is 0 Å². The Labute approximate surface area is 125 Å². The van der Waals surface area contributed by atoms with Crippen molar-refractivity contribution in [3.05, 3.63) is 64.9 Å². The Bertz CT molecular complexity index is 853. The SMILES string of the molecule is O=c1[nH]c(C=Cc2cc(Br)ccc2O)c([N+](=O)[O-])c(=O)[nH]1. The third kappa shape index (κ3) is 3.26. The van der Waals surface area contributed by atoms with Crippen LogP contribution in [0.5, 0.6) is 5.75 Å². The summed E-state index contributed by atoms with van der Waals surface area (Å²) in [5.41, 5.74) is -2.63. The molecular weight excluding hydrogens is 346 g/mol. The fourth-order valence-electron chi connectivity index (χ4n) is 1.63. The first kappa shape index (κ1) is 14.7. The topological polar surface area (TPSA) is 129 Å². The van der Waals surface area contributed by atoms with Crippen molar-refractivity contribution in [3.8, 4) is 5.75 Å². The van der Waals surface area contributed by atoms with Crippen molar-refractivity contribution < 1.29 is 10.0 Å². The van der Waals surface area contributed by atoms with Crippen LogP contribution in [0.25, 0.3) is 12.2 Å². The van der Waals surface area contributed by atoms with Gasteiger partial charge in [0.05, 0.1) is 4.92 Å². The highest BCUT2D eigenvalue weighted by molar-refractivity contribution is 9.10. The number of benzene rings is 1. The van der Waals surface area contributed by atoms with Crippen molar-refractivity contribution >= 4 is 33.8 Å². The zero-order chi connectivity index (χ0) is 15.6. The number of aromatic nitrogens is 2. The van der Waals surface area contributed by atoms with Crippen LogP contribution in [0.4, 0.5) is 5.69 Å². The van der Waals surface area contributed by atoms with Crippen LogP contribution in [0.3, 0.4) is 0 Å². The second-order valence-corrected chi connectivity index (χ2v) is 4.88. The quantitative estimate of drug-likeness (QED) is 0.570. The standard InChI is InChI=1S/C12H8BrN3O5/c13-7-2-4-9(17)6(5-7)1-3-8-10(16(20)21)11(18)15-12(19)14-8/h1-5,17H,(H2,14,15,18,19). The number of nitro groups is 1. The Kier molecular flexibility index (Phi) is 4.03. The zero-order valence-corrected chi connectivity index (χ0v) is 11.9. The lowest BCUT2D eigenvalue weighted by Crippen LogP contribution is -2.25. The average molecular weight is 354 g/mol. The van der Waals surface area contributed by atoms with E-state index in [0.717, 1.165) is 0 Å². The van der Waals surface area contributed by atoms with Crippen molar-refractivity contribution in [1.82, 2.24) is 9.97 Å². The van der Waals surface area contributed by atoms with Gasteiger partial charge in [0.1, 0.15) is 11.4 Å². The van der Waals surface area contributed by atoms with Gasteiger partial charge in [-0.3, -0.25) is 19.9 Å². The normalized spacial score (nSPS) is 10.9. The van der Waals surface area contributed by atoms with Gasteiger partial charge in [0.15, 0.2) is 0 Å². The van der Waals surface area contributed by atoms with Crippen molar-refractivity contribution in [2.24, 2.45) is 0 Å². The second-order valence-electron chi connectivity index (χ2n) is 3.96. The summed E-state index contributed by atoms with van der Waals surface area (Å²) in [5.74, 6) is -0.0516. The molecule has 0 amide bonds. The molecule has 108 valence electrons. The van der Waals surface area contributed by atoms with Gasteiger partial charge in [0.2, 0.25) is 0 Å². The van der Waals surface area contributed by atoms with Crippen LogP contribution in [0.15, 0.2) is 32.3 Å². The smallest absolute Gasteiger partial charge is 0.357 e. The van der Waals surface area contributed by atoms with Crippen LogP contribution in [-0.4, -0.2) is 20.0 Å². The molecule has 3 N–H and O–H groups in total. The molecule has 9 heteroatoms. The maximum Gasteiger partial charge on any atom is 0.357 e. The van der Waals surface area contributed by atoms with E-state index in [2.05, 4.69) is 20.9 Å². The van der Waals surface area contributed by atoms with Gasteiger partial charge >= 0.3 is 16.9 Å². The van der Waals surface area contributed by atoms with Gasteiger partial charge in [0.25, 0.3) is 0 Å². The lowest BCUT2D eigenvalue weighted by atomic mass is 10.1. The van der Waals surface area contributed by atoms with Gasteiger partial charge in [-0.05, 0) is 30.4 Å². The van der Waals surface area contributed by atoms with Gasteiger partial charge in [-0.2, -0.15) is 0 Å². The first-order valence-corrected chi connectivity index (χ1v) is 6.35. The predicted molar refractivity (Wildman–Crippen MR) is 79.1 cm³/mol.